The van der Waals surface area contributed by atoms with Crippen LogP contribution in [0.1, 0.15) is 105 Å². The molecule has 4 nitrogen and oxygen atoms in total. The Balaban J connectivity index is 0.912. The van der Waals surface area contributed by atoms with Crippen LogP contribution in [0.4, 0.5) is 34.1 Å². The predicted octanol–water partition coefficient (Wildman–Crippen LogP) is 31.2. The van der Waals surface area contributed by atoms with Crippen LogP contribution in [-0.2, 0) is 21.7 Å². The first-order chi connectivity index (χ1) is 60.5. The molecule has 2 aliphatic heterocycles. The molecule has 23 rings (SSSR count). The zero-order valence-electron chi connectivity index (χ0n) is 73.1. The first-order valence-corrected chi connectivity index (χ1v) is 44.5. The van der Waals surface area contributed by atoms with Crippen molar-refractivity contribution < 1.29 is 0 Å². The third-order valence-electron chi connectivity index (χ3n) is 27.4. The van der Waals surface area contributed by atoms with Gasteiger partial charge in [-0.3, -0.25) is 0 Å². The van der Waals surface area contributed by atoms with Gasteiger partial charge in [0.15, 0.2) is 0 Å². The fourth-order valence-corrected chi connectivity index (χ4v) is 21.0. The van der Waals surface area contributed by atoms with Crippen LogP contribution >= 0.6 is 0 Å². The topological polar surface area (TPSA) is 16.3 Å². The van der Waals surface area contributed by atoms with E-state index in [0.29, 0.717) is 0 Å². The third-order valence-corrected chi connectivity index (χ3v) is 27.4. The molecule has 0 aliphatic carbocycles. The fraction of sp³-hybridized carbons (Fsp3) is 0.133. The second kappa shape index (κ2) is 28.1. The number of hydrogen-bond donors (Lipinski definition) is 0. The maximum absolute atomic E-state index is 2.77. The molecule has 125 heavy (non-hydrogen) atoms. The zero-order chi connectivity index (χ0) is 84.8. The molecule has 4 heterocycles. The SMILES string of the molecule is CC(C)(C)c1ccc(-c2cc(-c3ccccc3)cc(-c3cccc(C(C)(C)C)c3)c2N2c3cc(-n4c5ccccc5c5ccccc54)ccc3B3c4ccc(-n5c6ccc7cccc8c9cccc%10ccc5c(c%109)c6c78)cc4N(c4c(-c5ccccc5)cc(-c5cccc(C(C)(C)C)c5)cc4-c4ccc(C(C)(C)C)cc4)c4cc(-c5ccccc5)cc2c43)cc1. The van der Waals surface area contributed by atoms with Gasteiger partial charge in [0.05, 0.1) is 33.4 Å². The minimum Gasteiger partial charge on any atom is -0.310 e. The zero-order valence-corrected chi connectivity index (χ0v) is 73.1. The highest BCUT2D eigenvalue weighted by molar-refractivity contribution is 7.00. The van der Waals surface area contributed by atoms with Crippen molar-refractivity contribution in [3.8, 4) is 89.3 Å². The molecule has 0 fully saturated rings. The molecule has 5 heteroatoms. The number of para-hydroxylation sites is 2. The van der Waals surface area contributed by atoms with Gasteiger partial charge in [-0.1, -0.05) is 368 Å². The van der Waals surface area contributed by atoms with E-state index in [2.05, 4.69) is 472 Å². The molecule has 0 unspecified atom stereocenters. The summed E-state index contributed by atoms with van der Waals surface area (Å²) in [6, 6.07) is 143. The molecule has 600 valence electrons. The van der Waals surface area contributed by atoms with Gasteiger partial charge in [-0.15, -0.1) is 0 Å². The van der Waals surface area contributed by atoms with E-state index >= 15 is 0 Å². The van der Waals surface area contributed by atoms with Crippen molar-refractivity contribution in [3.05, 3.63) is 392 Å². The van der Waals surface area contributed by atoms with Crippen LogP contribution in [0.25, 0.3) is 165 Å². The Morgan fingerprint density at radius 3 is 0.992 bits per heavy atom. The number of benzene rings is 19. The van der Waals surface area contributed by atoms with E-state index in [1.165, 1.54) is 109 Å². The monoisotopic (exact) mass is 1600 g/mol. The molecule has 2 aromatic heterocycles. The Bertz CT molecular complexity index is 7760. The minimum atomic E-state index is -0.332. The summed E-state index contributed by atoms with van der Waals surface area (Å²) in [6.45, 7) is 27.7. The lowest BCUT2D eigenvalue weighted by Crippen LogP contribution is -2.61. The van der Waals surface area contributed by atoms with Crippen molar-refractivity contribution >= 4 is 133 Å². The Labute approximate surface area is 733 Å². The summed E-state index contributed by atoms with van der Waals surface area (Å²) < 4.78 is 5.13. The van der Waals surface area contributed by atoms with Crippen molar-refractivity contribution in [2.24, 2.45) is 0 Å². The number of nitrogens with zero attached hydrogens (tertiary/aromatic N) is 4. The second-order valence-corrected chi connectivity index (χ2v) is 39.2. The molecule has 0 saturated carbocycles. The maximum atomic E-state index is 2.77. The maximum Gasteiger partial charge on any atom is 0.252 e. The molecule has 0 N–H and O–H groups in total. The van der Waals surface area contributed by atoms with E-state index in [9.17, 15) is 0 Å². The lowest BCUT2D eigenvalue weighted by atomic mass is 9.33. The molecular weight excluding hydrogens is 1510 g/mol. The van der Waals surface area contributed by atoms with Crippen molar-refractivity contribution in [1.82, 2.24) is 9.13 Å². The number of rotatable bonds is 11. The van der Waals surface area contributed by atoms with Gasteiger partial charge < -0.3 is 18.9 Å². The molecule has 2 aliphatic rings. The van der Waals surface area contributed by atoms with Crippen molar-refractivity contribution in [1.29, 1.82) is 0 Å². The van der Waals surface area contributed by atoms with Crippen LogP contribution in [0, 0.1) is 0 Å². The summed E-state index contributed by atoms with van der Waals surface area (Å²) in [5.74, 6) is 0. The Hall–Kier alpha value is -14.3. The van der Waals surface area contributed by atoms with Crippen molar-refractivity contribution in [2.45, 2.75) is 105 Å². The van der Waals surface area contributed by atoms with Crippen LogP contribution in [0.2, 0.25) is 0 Å². The summed E-state index contributed by atoms with van der Waals surface area (Å²) in [4.78, 5) is 5.53. The smallest absolute Gasteiger partial charge is 0.252 e. The lowest BCUT2D eigenvalue weighted by molar-refractivity contribution is 0.590. The number of fused-ring (bicyclic) bond motifs is 8. The van der Waals surface area contributed by atoms with E-state index in [1.54, 1.807) is 0 Å². The molecular formula is C120H97BN4. The van der Waals surface area contributed by atoms with E-state index in [-0.39, 0.29) is 28.4 Å². The average molecular weight is 1610 g/mol. The van der Waals surface area contributed by atoms with Gasteiger partial charge in [0.1, 0.15) is 0 Å². The predicted molar refractivity (Wildman–Crippen MR) is 537 cm³/mol. The Kier molecular flexibility index (Phi) is 17.0. The van der Waals surface area contributed by atoms with Gasteiger partial charge in [-0.25, -0.2) is 0 Å². The Morgan fingerprint density at radius 2 is 0.552 bits per heavy atom. The van der Waals surface area contributed by atoms with Gasteiger partial charge in [0.2, 0.25) is 0 Å². The molecule has 19 aromatic carbocycles. The molecule has 0 saturated heterocycles. The molecule has 0 radical (unpaired) electrons. The molecule has 0 amide bonds. The van der Waals surface area contributed by atoms with Crippen LogP contribution < -0.4 is 26.2 Å². The summed E-state index contributed by atoms with van der Waals surface area (Å²) in [5.41, 5.74) is 37.6. The van der Waals surface area contributed by atoms with E-state index < -0.39 is 0 Å². The highest BCUT2D eigenvalue weighted by Crippen LogP contribution is 2.58. The second-order valence-electron chi connectivity index (χ2n) is 39.2. The van der Waals surface area contributed by atoms with Crippen LogP contribution in [0.3, 0.4) is 0 Å². The number of anilines is 6. The normalized spacial score (nSPS) is 13.1. The van der Waals surface area contributed by atoms with Gasteiger partial charge >= 0.3 is 0 Å². The fourth-order valence-electron chi connectivity index (χ4n) is 21.0. The molecule has 21 aromatic rings. The Morgan fingerprint density at radius 1 is 0.208 bits per heavy atom. The first kappa shape index (κ1) is 75.7. The summed E-state index contributed by atoms with van der Waals surface area (Å²) >= 11 is 0. The quantitative estimate of drug-likeness (QED) is 0.0729. The van der Waals surface area contributed by atoms with Crippen molar-refractivity contribution in [2.75, 3.05) is 9.80 Å². The van der Waals surface area contributed by atoms with Crippen LogP contribution in [0.15, 0.2) is 370 Å². The number of aromatic nitrogens is 2. The summed E-state index contributed by atoms with van der Waals surface area (Å²) in [6.07, 6.45) is 0. The highest BCUT2D eigenvalue weighted by atomic mass is 15.2. The van der Waals surface area contributed by atoms with Gasteiger partial charge in [0.25, 0.3) is 6.71 Å². The third kappa shape index (κ3) is 12.2. The van der Waals surface area contributed by atoms with Crippen LogP contribution in [-0.4, -0.2) is 15.8 Å². The minimum absolute atomic E-state index is 0.0988. The van der Waals surface area contributed by atoms with Crippen molar-refractivity contribution in [3.63, 3.8) is 0 Å². The van der Waals surface area contributed by atoms with Gasteiger partial charge in [-0.2, -0.15) is 0 Å². The number of hydrogen-bond acceptors (Lipinski definition) is 2. The highest BCUT2D eigenvalue weighted by Gasteiger charge is 2.47. The summed E-state index contributed by atoms with van der Waals surface area (Å²) in [5, 5.41) is 12.7. The summed E-state index contributed by atoms with van der Waals surface area (Å²) in [7, 11) is 0. The van der Waals surface area contributed by atoms with Gasteiger partial charge in [-0.05, 0) is 233 Å². The van der Waals surface area contributed by atoms with Crippen LogP contribution in [0.5, 0.6) is 0 Å². The molecule has 0 bridgehead atoms. The lowest BCUT2D eigenvalue weighted by Gasteiger charge is -2.46. The van der Waals surface area contributed by atoms with E-state index in [1.807, 2.05) is 0 Å². The van der Waals surface area contributed by atoms with E-state index in [0.717, 1.165) is 129 Å². The van der Waals surface area contributed by atoms with E-state index in [4.69, 9.17) is 0 Å². The standard InChI is InChI=1S/C120H97BN4/c1-117(2,3)86-54-48-77(49-55-86)97-66-83(74-30-16-13-17-31-74)67-99(82-39-27-41-89(65-82)120(10,11)12)116(97)125-106-72-90(122-102-46-24-22-42-92(102)93-43-23-25-47-103(93)122)58-60-100(106)121-101-61-59-91(123-104-62-52-79-36-28-44-94-95-45-29-37-80-53-63-105(123)113(111(80)95)112(104)110(79)94)73-107(101)124(108-70-85(71-109(125)114(108)121)75-32-18-14-19-33-75)115-96(76-34-20-15-21-35-76)68-84(81-38-26-40-88(64-81)119(7,8)9)69-98(115)78-50-56-87(57-51-78)118(4,5)6/h13-73H,1-12H3. The van der Waals surface area contributed by atoms with Gasteiger partial charge in [0, 0.05) is 77.9 Å². The largest absolute Gasteiger partial charge is 0.310 e. The average Bonchev–Trinajstić information content (AvgIpc) is 1.22. The molecule has 0 spiro atoms. The molecule has 0 atom stereocenters. The first-order valence-electron chi connectivity index (χ1n) is 44.5.